The van der Waals surface area contributed by atoms with E-state index < -0.39 is 22.2 Å². The van der Waals surface area contributed by atoms with Crippen molar-refractivity contribution < 1.29 is 12.8 Å². The normalized spacial score (nSPS) is 34.5. The highest BCUT2D eigenvalue weighted by Crippen LogP contribution is 2.14. The molecule has 0 bridgehead atoms. The first-order valence-electron chi connectivity index (χ1n) is 3.26. The Morgan fingerprint density at radius 2 is 2.09 bits per heavy atom. The van der Waals surface area contributed by atoms with E-state index in [0.717, 1.165) is 10.6 Å². The van der Waals surface area contributed by atoms with Crippen LogP contribution in [0.4, 0.5) is 4.39 Å². The van der Waals surface area contributed by atoms with E-state index in [1.54, 1.807) is 0 Å². The number of halogens is 1. The van der Waals surface area contributed by atoms with Gasteiger partial charge >= 0.3 is 0 Å². The Labute approximate surface area is 65.2 Å². The van der Waals surface area contributed by atoms with Gasteiger partial charge in [0, 0.05) is 13.1 Å². The fourth-order valence-electron chi connectivity index (χ4n) is 1.02. The zero-order chi connectivity index (χ0) is 8.65. The van der Waals surface area contributed by atoms with Crippen LogP contribution in [0.5, 0.6) is 0 Å². The molecule has 1 heterocycles. The van der Waals surface area contributed by atoms with Crippen LogP contribution in [0, 0.1) is 0 Å². The van der Waals surface area contributed by atoms with Gasteiger partial charge in [0.1, 0.15) is 6.17 Å². The van der Waals surface area contributed by atoms with Crippen LogP contribution >= 0.6 is 0 Å². The molecule has 0 aliphatic carbocycles. The maximum Gasteiger partial charge on any atom is 0.211 e. The summed E-state index contributed by atoms with van der Waals surface area (Å²) in [5.74, 6) is 0. The van der Waals surface area contributed by atoms with Gasteiger partial charge in [-0.2, -0.15) is 4.31 Å². The molecule has 0 aromatic heterocycles. The van der Waals surface area contributed by atoms with E-state index in [-0.39, 0.29) is 13.1 Å². The van der Waals surface area contributed by atoms with Gasteiger partial charge in [-0.05, 0) is 0 Å². The average Bonchev–Trinajstić information content (AvgIpc) is 2.11. The van der Waals surface area contributed by atoms with Gasteiger partial charge in [-0.25, -0.2) is 12.8 Å². The van der Waals surface area contributed by atoms with Crippen molar-refractivity contribution in [2.24, 2.45) is 5.73 Å². The summed E-state index contributed by atoms with van der Waals surface area (Å²) < 4.78 is 35.4. The molecule has 1 aliphatic rings. The second-order valence-corrected chi connectivity index (χ2v) is 4.74. The van der Waals surface area contributed by atoms with Crippen LogP contribution in [0.3, 0.4) is 0 Å². The minimum absolute atomic E-state index is 0.0972. The van der Waals surface area contributed by atoms with Crippen molar-refractivity contribution in [3.8, 4) is 0 Å². The molecular formula is C5H11FN2O2S. The first-order valence-corrected chi connectivity index (χ1v) is 5.11. The number of hydrogen-bond acceptors (Lipinski definition) is 3. The number of alkyl halides is 1. The molecular weight excluding hydrogens is 171 g/mol. The van der Waals surface area contributed by atoms with Crippen LogP contribution in [-0.2, 0) is 10.0 Å². The molecule has 0 aromatic carbocycles. The van der Waals surface area contributed by atoms with E-state index in [1.165, 1.54) is 0 Å². The van der Waals surface area contributed by atoms with Crippen LogP contribution in [0.1, 0.15) is 0 Å². The van der Waals surface area contributed by atoms with Crippen molar-refractivity contribution in [2.45, 2.75) is 12.2 Å². The minimum Gasteiger partial charge on any atom is -0.324 e. The SMILES string of the molecule is CS(=O)(=O)N1C[C@@H](N)[C@H](F)C1. The van der Waals surface area contributed by atoms with E-state index in [0.29, 0.717) is 0 Å². The quantitative estimate of drug-likeness (QED) is 0.561. The van der Waals surface area contributed by atoms with E-state index in [2.05, 4.69) is 0 Å². The largest absolute Gasteiger partial charge is 0.324 e. The molecule has 1 aliphatic heterocycles. The summed E-state index contributed by atoms with van der Waals surface area (Å²) in [5, 5.41) is 0. The lowest BCUT2D eigenvalue weighted by Gasteiger charge is -2.10. The van der Waals surface area contributed by atoms with Crippen molar-refractivity contribution in [1.29, 1.82) is 0 Å². The smallest absolute Gasteiger partial charge is 0.211 e. The van der Waals surface area contributed by atoms with E-state index >= 15 is 0 Å². The Hall–Kier alpha value is -0.200. The molecule has 2 atom stereocenters. The van der Waals surface area contributed by atoms with Crippen molar-refractivity contribution in [2.75, 3.05) is 19.3 Å². The number of sulfonamides is 1. The van der Waals surface area contributed by atoms with Gasteiger partial charge in [0.25, 0.3) is 0 Å². The standard InChI is InChI=1S/C5H11FN2O2S/c1-11(9,10)8-2-4(6)5(7)3-8/h4-5H,2-3,7H2,1H3/t4-,5-/m1/s1. The topological polar surface area (TPSA) is 63.4 Å². The summed E-state index contributed by atoms with van der Waals surface area (Å²) in [7, 11) is -3.26. The molecule has 1 rings (SSSR count). The first kappa shape index (κ1) is 8.89. The van der Waals surface area contributed by atoms with Crippen LogP contribution < -0.4 is 5.73 Å². The molecule has 0 amide bonds. The average molecular weight is 182 g/mol. The van der Waals surface area contributed by atoms with Gasteiger partial charge in [0.15, 0.2) is 0 Å². The third-order valence-electron chi connectivity index (χ3n) is 1.73. The lowest BCUT2D eigenvalue weighted by Crippen LogP contribution is -2.32. The maximum absolute atomic E-state index is 12.7. The van der Waals surface area contributed by atoms with E-state index in [9.17, 15) is 12.8 Å². The molecule has 0 spiro atoms. The molecule has 0 radical (unpaired) electrons. The minimum atomic E-state index is -3.26. The second kappa shape index (κ2) is 2.69. The second-order valence-electron chi connectivity index (χ2n) is 2.76. The number of nitrogens with two attached hydrogens (primary N) is 1. The Morgan fingerprint density at radius 3 is 2.27 bits per heavy atom. The lowest BCUT2D eigenvalue weighted by atomic mass is 10.3. The highest BCUT2D eigenvalue weighted by Gasteiger charge is 2.34. The van der Waals surface area contributed by atoms with E-state index in [1.807, 2.05) is 0 Å². The monoisotopic (exact) mass is 182 g/mol. The predicted molar refractivity (Wildman–Crippen MR) is 39.3 cm³/mol. The lowest BCUT2D eigenvalue weighted by molar-refractivity contribution is 0.323. The Bertz CT molecular complexity index is 231. The first-order chi connectivity index (χ1) is 4.91. The van der Waals surface area contributed by atoms with Gasteiger partial charge in [0.2, 0.25) is 10.0 Å². The van der Waals surface area contributed by atoms with Gasteiger partial charge in [-0.3, -0.25) is 0 Å². The summed E-state index contributed by atoms with van der Waals surface area (Å²) >= 11 is 0. The van der Waals surface area contributed by atoms with Crippen LogP contribution in [0.25, 0.3) is 0 Å². The zero-order valence-electron chi connectivity index (χ0n) is 6.20. The van der Waals surface area contributed by atoms with Gasteiger partial charge in [-0.15, -0.1) is 0 Å². The molecule has 11 heavy (non-hydrogen) atoms. The molecule has 0 unspecified atom stereocenters. The molecule has 6 heteroatoms. The van der Waals surface area contributed by atoms with Crippen molar-refractivity contribution in [3.05, 3.63) is 0 Å². The van der Waals surface area contributed by atoms with E-state index in [4.69, 9.17) is 5.73 Å². The molecule has 4 nitrogen and oxygen atoms in total. The number of rotatable bonds is 1. The Morgan fingerprint density at radius 1 is 1.55 bits per heavy atom. The van der Waals surface area contributed by atoms with Crippen LogP contribution in [0.2, 0.25) is 0 Å². The molecule has 0 saturated carbocycles. The Kier molecular flexibility index (Phi) is 2.17. The number of hydrogen-bond donors (Lipinski definition) is 1. The molecule has 1 fully saturated rings. The molecule has 2 N–H and O–H groups in total. The molecule has 1 saturated heterocycles. The van der Waals surface area contributed by atoms with Gasteiger partial charge < -0.3 is 5.73 Å². The summed E-state index contributed by atoms with van der Waals surface area (Å²) in [5.41, 5.74) is 5.28. The van der Waals surface area contributed by atoms with Gasteiger partial charge in [0.05, 0.1) is 12.3 Å². The third kappa shape index (κ3) is 1.88. The summed E-state index contributed by atoms with van der Waals surface area (Å²) in [6.45, 7) is 0. The highest BCUT2D eigenvalue weighted by molar-refractivity contribution is 7.88. The third-order valence-corrected chi connectivity index (χ3v) is 2.96. The molecule has 66 valence electrons. The van der Waals surface area contributed by atoms with Crippen LogP contribution in [-0.4, -0.2) is 44.3 Å². The van der Waals surface area contributed by atoms with Crippen LogP contribution in [0.15, 0.2) is 0 Å². The number of nitrogens with zero attached hydrogens (tertiary/aromatic N) is 1. The van der Waals surface area contributed by atoms with Crippen molar-refractivity contribution in [3.63, 3.8) is 0 Å². The fraction of sp³-hybridized carbons (Fsp3) is 1.00. The van der Waals surface area contributed by atoms with Crippen molar-refractivity contribution in [1.82, 2.24) is 4.31 Å². The van der Waals surface area contributed by atoms with Gasteiger partial charge in [-0.1, -0.05) is 0 Å². The maximum atomic E-state index is 12.7. The summed E-state index contributed by atoms with van der Waals surface area (Å²) in [6.07, 6.45) is -0.165. The zero-order valence-corrected chi connectivity index (χ0v) is 7.01. The highest BCUT2D eigenvalue weighted by atomic mass is 32.2. The fourth-order valence-corrected chi connectivity index (χ4v) is 1.88. The summed E-state index contributed by atoms with van der Waals surface area (Å²) in [6, 6.07) is -0.662. The Balaban J connectivity index is 2.69. The van der Waals surface area contributed by atoms with Crippen molar-refractivity contribution >= 4 is 10.0 Å². The summed E-state index contributed by atoms with van der Waals surface area (Å²) in [4.78, 5) is 0. The molecule has 0 aromatic rings. The predicted octanol–water partition coefficient (Wildman–Crippen LogP) is -1.07.